The first-order chi connectivity index (χ1) is 8.02. The molecule has 0 saturated carbocycles. The summed E-state index contributed by atoms with van der Waals surface area (Å²) in [6.07, 6.45) is 0.923. The Bertz CT molecular complexity index is 343. The fourth-order valence-corrected chi connectivity index (χ4v) is 1.92. The van der Waals surface area contributed by atoms with Crippen molar-refractivity contribution in [3.63, 3.8) is 0 Å². The van der Waals surface area contributed by atoms with Gasteiger partial charge >= 0.3 is 0 Å². The van der Waals surface area contributed by atoms with E-state index in [9.17, 15) is 9.90 Å². The van der Waals surface area contributed by atoms with E-state index in [1.807, 2.05) is 51.1 Å². The van der Waals surface area contributed by atoms with Gasteiger partial charge < -0.3 is 5.11 Å². The Kier molecular flexibility index (Phi) is 5.36. The molecule has 0 amide bonds. The van der Waals surface area contributed by atoms with E-state index in [1.165, 1.54) is 5.56 Å². The highest BCUT2D eigenvalue weighted by molar-refractivity contribution is 5.82. The molecule has 0 fully saturated rings. The maximum Gasteiger partial charge on any atom is 0.140 e. The lowest BCUT2D eigenvalue weighted by Crippen LogP contribution is -2.29. The number of aryl methyl sites for hydroxylation is 1. The van der Waals surface area contributed by atoms with E-state index < -0.39 is 6.10 Å². The number of benzene rings is 1. The monoisotopic (exact) mass is 234 g/mol. The minimum atomic E-state index is -0.537. The minimum absolute atomic E-state index is 0.00336. The van der Waals surface area contributed by atoms with Crippen LogP contribution in [0.25, 0.3) is 0 Å². The molecule has 1 aromatic carbocycles. The van der Waals surface area contributed by atoms with Crippen LogP contribution in [-0.4, -0.2) is 17.0 Å². The third kappa shape index (κ3) is 4.31. The van der Waals surface area contributed by atoms with E-state index >= 15 is 0 Å². The summed E-state index contributed by atoms with van der Waals surface area (Å²) in [6.45, 7) is 5.57. The zero-order chi connectivity index (χ0) is 12.8. The number of hydrogen-bond donors (Lipinski definition) is 1. The van der Waals surface area contributed by atoms with Crippen LogP contribution >= 0.6 is 0 Å². The summed E-state index contributed by atoms with van der Waals surface area (Å²) >= 11 is 0. The van der Waals surface area contributed by atoms with Crippen LogP contribution in [0.15, 0.2) is 30.3 Å². The van der Waals surface area contributed by atoms with Crippen molar-refractivity contribution >= 4 is 5.78 Å². The number of carbonyl (C=O) groups excluding carboxylic acids is 1. The molecular formula is C15H22O2. The fraction of sp³-hybridized carbons (Fsp3) is 0.533. The van der Waals surface area contributed by atoms with Crippen LogP contribution in [0.4, 0.5) is 0 Å². The summed E-state index contributed by atoms with van der Waals surface area (Å²) in [4.78, 5) is 11.7. The molecule has 0 radical (unpaired) electrons. The maximum absolute atomic E-state index is 11.7. The number of aliphatic hydroxyl groups excluding tert-OH is 1. The Morgan fingerprint density at radius 2 is 1.76 bits per heavy atom. The third-order valence-electron chi connectivity index (χ3n) is 3.17. The van der Waals surface area contributed by atoms with E-state index in [0.29, 0.717) is 6.42 Å². The zero-order valence-electron chi connectivity index (χ0n) is 10.9. The van der Waals surface area contributed by atoms with Crippen molar-refractivity contribution in [3.8, 4) is 0 Å². The Labute approximate surface area is 104 Å². The Morgan fingerprint density at radius 3 is 2.29 bits per heavy atom. The van der Waals surface area contributed by atoms with Gasteiger partial charge in [-0.3, -0.25) is 4.79 Å². The van der Waals surface area contributed by atoms with Crippen molar-refractivity contribution in [2.45, 2.75) is 39.7 Å². The highest BCUT2D eigenvalue weighted by atomic mass is 16.3. The molecule has 1 N–H and O–H groups in total. The van der Waals surface area contributed by atoms with Crippen LogP contribution in [0.1, 0.15) is 32.8 Å². The molecule has 0 aliphatic rings. The van der Waals surface area contributed by atoms with Crippen molar-refractivity contribution in [2.75, 3.05) is 0 Å². The summed E-state index contributed by atoms with van der Waals surface area (Å²) in [5, 5.41) is 9.98. The molecule has 0 saturated heterocycles. The van der Waals surface area contributed by atoms with Crippen LogP contribution in [0.2, 0.25) is 0 Å². The van der Waals surface area contributed by atoms with Gasteiger partial charge in [0.15, 0.2) is 0 Å². The SMILES string of the molecule is CC(C)C(=O)[C@H](C)[C@@H](O)CCc1ccccc1. The molecule has 0 bridgehead atoms. The van der Waals surface area contributed by atoms with Gasteiger partial charge in [-0.15, -0.1) is 0 Å². The number of hydrogen-bond acceptors (Lipinski definition) is 2. The van der Waals surface area contributed by atoms with Crippen molar-refractivity contribution in [1.29, 1.82) is 0 Å². The summed E-state index contributed by atoms with van der Waals surface area (Å²) < 4.78 is 0. The van der Waals surface area contributed by atoms with Gasteiger partial charge in [0, 0.05) is 11.8 Å². The van der Waals surface area contributed by atoms with Crippen molar-refractivity contribution < 1.29 is 9.90 Å². The molecule has 2 atom stereocenters. The van der Waals surface area contributed by atoms with Crippen molar-refractivity contribution in [3.05, 3.63) is 35.9 Å². The highest BCUT2D eigenvalue weighted by Crippen LogP contribution is 2.15. The Morgan fingerprint density at radius 1 is 1.18 bits per heavy atom. The number of carbonyl (C=O) groups is 1. The molecule has 0 aliphatic carbocycles. The van der Waals surface area contributed by atoms with E-state index in [0.717, 1.165) is 6.42 Å². The lowest BCUT2D eigenvalue weighted by atomic mass is 9.89. The van der Waals surface area contributed by atoms with Crippen molar-refractivity contribution in [2.24, 2.45) is 11.8 Å². The van der Waals surface area contributed by atoms with Gasteiger partial charge in [-0.1, -0.05) is 51.1 Å². The molecule has 0 heterocycles. The second-order valence-corrected chi connectivity index (χ2v) is 4.94. The molecule has 2 nitrogen and oxygen atoms in total. The molecule has 0 unspecified atom stereocenters. The summed E-state index contributed by atoms with van der Waals surface area (Å²) in [6, 6.07) is 10.0. The normalized spacial score (nSPS) is 14.6. The first kappa shape index (κ1) is 13.9. The van der Waals surface area contributed by atoms with Crippen LogP contribution in [0.3, 0.4) is 0 Å². The van der Waals surface area contributed by atoms with Gasteiger partial charge in [-0.05, 0) is 18.4 Å². The van der Waals surface area contributed by atoms with Gasteiger partial charge in [0.25, 0.3) is 0 Å². The van der Waals surface area contributed by atoms with Gasteiger partial charge in [-0.2, -0.15) is 0 Å². The smallest absolute Gasteiger partial charge is 0.140 e. The van der Waals surface area contributed by atoms with E-state index in [1.54, 1.807) is 0 Å². The Hall–Kier alpha value is -1.15. The topological polar surface area (TPSA) is 37.3 Å². The number of Topliss-reactive ketones (excluding diaryl/α,β-unsaturated/α-hetero) is 1. The highest BCUT2D eigenvalue weighted by Gasteiger charge is 2.23. The lowest BCUT2D eigenvalue weighted by Gasteiger charge is -2.19. The van der Waals surface area contributed by atoms with Crippen LogP contribution in [-0.2, 0) is 11.2 Å². The van der Waals surface area contributed by atoms with E-state index in [2.05, 4.69) is 0 Å². The average Bonchev–Trinajstić information content (AvgIpc) is 2.35. The third-order valence-corrected chi connectivity index (χ3v) is 3.17. The molecule has 0 aliphatic heterocycles. The largest absolute Gasteiger partial charge is 0.392 e. The van der Waals surface area contributed by atoms with Crippen LogP contribution in [0, 0.1) is 11.8 Å². The Balaban J connectivity index is 2.44. The van der Waals surface area contributed by atoms with Crippen molar-refractivity contribution in [1.82, 2.24) is 0 Å². The first-order valence-electron chi connectivity index (χ1n) is 6.28. The molecule has 94 valence electrons. The predicted octanol–water partition coefficient (Wildman–Crippen LogP) is 2.84. The summed E-state index contributed by atoms with van der Waals surface area (Å²) in [7, 11) is 0. The summed E-state index contributed by atoms with van der Waals surface area (Å²) in [5.41, 5.74) is 1.20. The molecule has 0 spiro atoms. The fourth-order valence-electron chi connectivity index (χ4n) is 1.92. The number of ketones is 1. The molecule has 2 heteroatoms. The summed E-state index contributed by atoms with van der Waals surface area (Å²) in [5.74, 6) is -0.124. The molecule has 17 heavy (non-hydrogen) atoms. The van der Waals surface area contributed by atoms with Crippen LogP contribution in [0.5, 0.6) is 0 Å². The first-order valence-corrected chi connectivity index (χ1v) is 6.28. The molecule has 1 rings (SSSR count). The molecule has 1 aromatic rings. The number of aliphatic hydroxyl groups is 1. The standard InChI is InChI=1S/C15H22O2/c1-11(2)15(17)12(3)14(16)10-9-13-7-5-4-6-8-13/h4-8,11-12,14,16H,9-10H2,1-3H3/t12-,14+/m1/s1. The van der Waals surface area contributed by atoms with Gasteiger partial charge in [-0.25, -0.2) is 0 Å². The van der Waals surface area contributed by atoms with Crippen LogP contribution < -0.4 is 0 Å². The second kappa shape index (κ2) is 6.55. The average molecular weight is 234 g/mol. The maximum atomic E-state index is 11.7. The molecule has 0 aromatic heterocycles. The molecular weight excluding hydrogens is 212 g/mol. The van der Waals surface area contributed by atoms with E-state index in [4.69, 9.17) is 0 Å². The quantitative estimate of drug-likeness (QED) is 0.821. The second-order valence-electron chi connectivity index (χ2n) is 4.94. The van der Waals surface area contributed by atoms with Gasteiger partial charge in [0.1, 0.15) is 5.78 Å². The predicted molar refractivity (Wildman–Crippen MR) is 69.8 cm³/mol. The van der Waals surface area contributed by atoms with Gasteiger partial charge in [0.05, 0.1) is 6.10 Å². The lowest BCUT2D eigenvalue weighted by molar-refractivity contribution is -0.128. The van der Waals surface area contributed by atoms with Gasteiger partial charge in [0.2, 0.25) is 0 Å². The van der Waals surface area contributed by atoms with E-state index in [-0.39, 0.29) is 17.6 Å². The number of rotatable bonds is 6. The minimum Gasteiger partial charge on any atom is -0.392 e. The zero-order valence-corrected chi connectivity index (χ0v) is 10.9.